The molecule has 6 nitrogen and oxygen atoms in total. The second kappa shape index (κ2) is 11.2. The lowest BCUT2D eigenvalue weighted by Crippen LogP contribution is -2.38. The number of fused-ring (bicyclic) bond motifs is 1. The predicted octanol–water partition coefficient (Wildman–Crippen LogP) is 4.02. The van der Waals surface area contributed by atoms with Gasteiger partial charge in [0.15, 0.2) is 18.1 Å². The number of hydrogen-bond acceptors (Lipinski definition) is 5. The van der Waals surface area contributed by atoms with E-state index in [1.54, 1.807) is 11.0 Å². The Hall–Kier alpha value is -3.28. The normalized spacial score (nSPS) is 13.0. The van der Waals surface area contributed by atoms with E-state index < -0.39 is 5.97 Å². The molecule has 0 radical (unpaired) electrons. The quantitative estimate of drug-likeness (QED) is 0.450. The number of rotatable bonds is 9. The SMILES string of the molecule is CCCOc1ccc(/C=C/C(=O)OCC(=O)N2CCc3ccccc3C2)cc1OCC. The molecule has 1 amide bonds. The Labute approximate surface area is 183 Å². The summed E-state index contributed by atoms with van der Waals surface area (Å²) in [7, 11) is 0. The van der Waals surface area contributed by atoms with E-state index >= 15 is 0 Å². The molecule has 0 fully saturated rings. The second-order valence-corrected chi connectivity index (χ2v) is 7.26. The molecule has 6 heteroatoms. The van der Waals surface area contributed by atoms with Crippen molar-refractivity contribution in [2.75, 3.05) is 26.4 Å². The van der Waals surface area contributed by atoms with Crippen LogP contribution in [-0.4, -0.2) is 43.1 Å². The van der Waals surface area contributed by atoms with Crippen molar-refractivity contribution in [2.45, 2.75) is 33.2 Å². The zero-order valence-corrected chi connectivity index (χ0v) is 18.1. The van der Waals surface area contributed by atoms with Crippen molar-refractivity contribution in [3.63, 3.8) is 0 Å². The molecule has 0 spiro atoms. The third-order valence-corrected chi connectivity index (χ3v) is 4.96. The lowest BCUT2D eigenvalue weighted by Gasteiger charge is -2.28. The molecular weight excluding hydrogens is 394 g/mol. The number of nitrogens with zero attached hydrogens (tertiary/aromatic N) is 1. The Bertz CT molecular complexity index is 937. The van der Waals surface area contributed by atoms with Crippen LogP contribution in [0.2, 0.25) is 0 Å². The van der Waals surface area contributed by atoms with Gasteiger partial charge in [-0.25, -0.2) is 4.79 Å². The summed E-state index contributed by atoms with van der Waals surface area (Å²) in [4.78, 5) is 26.2. The monoisotopic (exact) mass is 423 g/mol. The van der Waals surface area contributed by atoms with Crippen LogP contribution in [0.15, 0.2) is 48.5 Å². The minimum atomic E-state index is -0.560. The fourth-order valence-corrected chi connectivity index (χ4v) is 3.37. The summed E-state index contributed by atoms with van der Waals surface area (Å²) in [6, 6.07) is 13.6. The highest BCUT2D eigenvalue weighted by atomic mass is 16.5. The van der Waals surface area contributed by atoms with Gasteiger partial charge in [0.1, 0.15) is 0 Å². The third-order valence-electron chi connectivity index (χ3n) is 4.96. The molecule has 0 saturated heterocycles. The third kappa shape index (κ3) is 6.35. The van der Waals surface area contributed by atoms with Gasteiger partial charge in [-0.2, -0.15) is 0 Å². The fraction of sp³-hybridized carbons (Fsp3) is 0.360. The highest BCUT2D eigenvalue weighted by Crippen LogP contribution is 2.29. The average Bonchev–Trinajstić information content (AvgIpc) is 2.80. The van der Waals surface area contributed by atoms with Crippen molar-refractivity contribution < 1.29 is 23.8 Å². The Kier molecular flexibility index (Phi) is 8.10. The van der Waals surface area contributed by atoms with Gasteiger partial charge >= 0.3 is 5.97 Å². The van der Waals surface area contributed by atoms with Crippen molar-refractivity contribution >= 4 is 18.0 Å². The maximum absolute atomic E-state index is 12.4. The standard InChI is InChI=1S/C25H29NO5/c1-3-15-30-22-11-9-19(16-23(22)29-4-2)10-12-25(28)31-18-24(27)26-14-13-20-7-5-6-8-21(20)17-26/h5-12,16H,3-4,13-15,17-18H2,1-2H3/b12-10+. The summed E-state index contributed by atoms with van der Waals surface area (Å²) in [6.45, 7) is 5.99. The van der Waals surface area contributed by atoms with Gasteiger partial charge in [-0.3, -0.25) is 4.79 Å². The highest BCUT2D eigenvalue weighted by Gasteiger charge is 2.21. The zero-order chi connectivity index (χ0) is 22.1. The summed E-state index contributed by atoms with van der Waals surface area (Å²) in [5.74, 6) is 0.562. The number of hydrogen-bond donors (Lipinski definition) is 0. The fourth-order valence-electron chi connectivity index (χ4n) is 3.37. The topological polar surface area (TPSA) is 65.1 Å². The van der Waals surface area contributed by atoms with Crippen molar-refractivity contribution in [1.82, 2.24) is 4.90 Å². The van der Waals surface area contributed by atoms with E-state index in [0.717, 1.165) is 24.0 Å². The second-order valence-electron chi connectivity index (χ2n) is 7.26. The molecule has 2 aromatic carbocycles. The molecule has 31 heavy (non-hydrogen) atoms. The number of ether oxygens (including phenoxy) is 3. The zero-order valence-electron chi connectivity index (χ0n) is 18.1. The predicted molar refractivity (Wildman–Crippen MR) is 119 cm³/mol. The Morgan fingerprint density at radius 3 is 2.61 bits per heavy atom. The van der Waals surface area contributed by atoms with E-state index in [2.05, 4.69) is 6.07 Å². The molecule has 0 aliphatic carbocycles. The van der Waals surface area contributed by atoms with Crippen LogP contribution in [0.3, 0.4) is 0 Å². The molecule has 0 N–H and O–H groups in total. The Balaban J connectivity index is 1.52. The van der Waals surface area contributed by atoms with Crippen molar-refractivity contribution in [1.29, 1.82) is 0 Å². The van der Waals surface area contributed by atoms with Gasteiger partial charge in [0.25, 0.3) is 5.91 Å². The van der Waals surface area contributed by atoms with E-state index in [4.69, 9.17) is 14.2 Å². The van der Waals surface area contributed by atoms with Crippen molar-refractivity contribution in [3.05, 3.63) is 65.2 Å². The molecule has 0 unspecified atom stereocenters. The van der Waals surface area contributed by atoms with E-state index in [1.165, 1.54) is 11.6 Å². The van der Waals surface area contributed by atoms with E-state index in [9.17, 15) is 9.59 Å². The maximum Gasteiger partial charge on any atom is 0.331 e. The minimum absolute atomic E-state index is 0.188. The van der Waals surface area contributed by atoms with Gasteiger partial charge in [0.05, 0.1) is 13.2 Å². The molecule has 164 valence electrons. The van der Waals surface area contributed by atoms with Crippen LogP contribution in [0.1, 0.15) is 37.0 Å². The molecule has 1 aliphatic heterocycles. The van der Waals surface area contributed by atoms with Gasteiger partial charge in [-0.1, -0.05) is 37.3 Å². The molecular formula is C25H29NO5. The lowest BCUT2D eigenvalue weighted by atomic mass is 10.00. The first kappa shape index (κ1) is 22.4. The van der Waals surface area contributed by atoms with Crippen LogP contribution in [0.25, 0.3) is 6.08 Å². The molecule has 0 atom stereocenters. The first-order chi connectivity index (χ1) is 15.1. The lowest BCUT2D eigenvalue weighted by molar-refractivity contribution is -0.148. The number of carbonyl (C=O) groups excluding carboxylic acids is 2. The van der Waals surface area contributed by atoms with Crippen LogP contribution < -0.4 is 9.47 Å². The number of carbonyl (C=O) groups is 2. The summed E-state index contributed by atoms with van der Waals surface area (Å²) in [5.41, 5.74) is 3.19. The molecule has 0 bridgehead atoms. The molecule has 1 heterocycles. The summed E-state index contributed by atoms with van der Waals surface area (Å²) in [5, 5.41) is 0. The van der Waals surface area contributed by atoms with E-state index in [1.807, 2.05) is 50.2 Å². The van der Waals surface area contributed by atoms with E-state index in [-0.39, 0.29) is 12.5 Å². The van der Waals surface area contributed by atoms with Crippen LogP contribution in [0.4, 0.5) is 0 Å². The van der Waals surface area contributed by atoms with Crippen LogP contribution >= 0.6 is 0 Å². The number of esters is 1. The van der Waals surface area contributed by atoms with Gasteiger partial charge < -0.3 is 19.1 Å². The first-order valence-electron chi connectivity index (χ1n) is 10.7. The number of benzene rings is 2. The van der Waals surface area contributed by atoms with E-state index in [0.29, 0.717) is 37.8 Å². The Morgan fingerprint density at radius 1 is 1.03 bits per heavy atom. The summed E-state index contributed by atoms with van der Waals surface area (Å²) >= 11 is 0. The van der Waals surface area contributed by atoms with Gasteiger partial charge in [0, 0.05) is 19.2 Å². The summed E-state index contributed by atoms with van der Waals surface area (Å²) < 4.78 is 16.5. The molecule has 1 aliphatic rings. The number of amides is 1. The van der Waals surface area contributed by atoms with Crippen LogP contribution in [0.5, 0.6) is 11.5 Å². The van der Waals surface area contributed by atoms with Gasteiger partial charge in [-0.15, -0.1) is 0 Å². The minimum Gasteiger partial charge on any atom is -0.490 e. The summed E-state index contributed by atoms with van der Waals surface area (Å²) in [6.07, 6.45) is 4.67. The smallest absolute Gasteiger partial charge is 0.331 e. The Morgan fingerprint density at radius 2 is 1.84 bits per heavy atom. The van der Waals surface area contributed by atoms with Crippen molar-refractivity contribution in [2.24, 2.45) is 0 Å². The molecule has 0 saturated carbocycles. The van der Waals surface area contributed by atoms with Crippen LogP contribution in [0, 0.1) is 0 Å². The largest absolute Gasteiger partial charge is 0.490 e. The van der Waals surface area contributed by atoms with Gasteiger partial charge in [0.2, 0.25) is 0 Å². The molecule has 3 rings (SSSR count). The highest BCUT2D eigenvalue weighted by molar-refractivity contribution is 5.89. The maximum atomic E-state index is 12.4. The van der Waals surface area contributed by atoms with Gasteiger partial charge in [-0.05, 0) is 54.7 Å². The molecule has 2 aromatic rings. The first-order valence-corrected chi connectivity index (χ1v) is 10.7. The van der Waals surface area contributed by atoms with Crippen LogP contribution in [-0.2, 0) is 27.3 Å². The average molecular weight is 424 g/mol. The van der Waals surface area contributed by atoms with Crippen molar-refractivity contribution in [3.8, 4) is 11.5 Å². The molecule has 0 aromatic heterocycles.